The summed E-state index contributed by atoms with van der Waals surface area (Å²) in [6.45, 7) is 0.605. The van der Waals surface area contributed by atoms with Crippen LogP contribution in [0.2, 0.25) is 0 Å². The first-order valence-electron chi connectivity index (χ1n) is 5.82. The van der Waals surface area contributed by atoms with Crippen molar-refractivity contribution in [1.82, 2.24) is 5.32 Å². The number of benzene rings is 1. The van der Waals surface area contributed by atoms with E-state index in [9.17, 15) is 4.39 Å². The van der Waals surface area contributed by atoms with Gasteiger partial charge in [-0.1, -0.05) is 12.1 Å². The van der Waals surface area contributed by atoms with Gasteiger partial charge in [-0.05, 0) is 30.0 Å². The van der Waals surface area contributed by atoms with Crippen LogP contribution in [0, 0.1) is 5.82 Å². The Labute approximate surface area is 101 Å². The predicted molar refractivity (Wildman–Crippen MR) is 63.3 cm³/mol. The number of halogens is 1. The van der Waals surface area contributed by atoms with Gasteiger partial charge in [-0.15, -0.1) is 0 Å². The molecule has 2 rings (SSSR count). The maximum absolute atomic E-state index is 13.5. The summed E-state index contributed by atoms with van der Waals surface area (Å²) in [5.41, 5.74) is 1.91. The van der Waals surface area contributed by atoms with Crippen molar-refractivity contribution in [2.75, 3.05) is 20.8 Å². The van der Waals surface area contributed by atoms with Crippen molar-refractivity contribution in [3.63, 3.8) is 0 Å². The SMILES string of the molecule is COC(CNC1CCc2c(F)cccc21)OC. The third-order valence-corrected chi connectivity index (χ3v) is 3.27. The van der Waals surface area contributed by atoms with Gasteiger partial charge in [-0.25, -0.2) is 4.39 Å². The summed E-state index contributed by atoms with van der Waals surface area (Å²) in [6.07, 6.45) is 1.47. The van der Waals surface area contributed by atoms with Gasteiger partial charge in [0.05, 0.1) is 0 Å². The van der Waals surface area contributed by atoms with E-state index < -0.39 is 0 Å². The van der Waals surface area contributed by atoms with Gasteiger partial charge < -0.3 is 14.8 Å². The molecule has 0 heterocycles. The molecule has 0 amide bonds. The van der Waals surface area contributed by atoms with E-state index >= 15 is 0 Å². The fraction of sp³-hybridized carbons (Fsp3) is 0.538. The highest BCUT2D eigenvalue weighted by molar-refractivity contribution is 5.35. The minimum absolute atomic E-state index is 0.0955. The smallest absolute Gasteiger partial charge is 0.169 e. The molecular weight excluding hydrogens is 221 g/mol. The minimum Gasteiger partial charge on any atom is -0.355 e. The zero-order valence-corrected chi connectivity index (χ0v) is 10.2. The topological polar surface area (TPSA) is 30.5 Å². The Morgan fingerprint density at radius 2 is 2.18 bits per heavy atom. The molecule has 1 N–H and O–H groups in total. The van der Waals surface area contributed by atoms with E-state index in [2.05, 4.69) is 5.32 Å². The highest BCUT2D eigenvalue weighted by atomic mass is 19.1. The zero-order valence-electron chi connectivity index (χ0n) is 10.2. The summed E-state index contributed by atoms with van der Waals surface area (Å²) in [5, 5.41) is 3.35. The monoisotopic (exact) mass is 239 g/mol. The molecule has 0 fully saturated rings. The van der Waals surface area contributed by atoms with Gasteiger partial charge in [0.25, 0.3) is 0 Å². The minimum atomic E-state index is -0.257. The third kappa shape index (κ3) is 2.65. The second kappa shape index (κ2) is 5.58. The summed E-state index contributed by atoms with van der Waals surface area (Å²) in [7, 11) is 3.22. The van der Waals surface area contributed by atoms with E-state index in [0.29, 0.717) is 6.54 Å². The van der Waals surface area contributed by atoms with Gasteiger partial charge in [0, 0.05) is 26.8 Å². The summed E-state index contributed by atoms with van der Waals surface area (Å²) >= 11 is 0. The number of fused-ring (bicyclic) bond motifs is 1. The van der Waals surface area contributed by atoms with Gasteiger partial charge in [0.15, 0.2) is 6.29 Å². The van der Waals surface area contributed by atoms with Gasteiger partial charge in [0.2, 0.25) is 0 Å². The first-order chi connectivity index (χ1) is 8.26. The summed E-state index contributed by atoms with van der Waals surface area (Å²) in [4.78, 5) is 0. The van der Waals surface area contributed by atoms with Crippen molar-refractivity contribution in [2.24, 2.45) is 0 Å². The molecule has 0 aliphatic heterocycles. The van der Waals surface area contributed by atoms with Crippen LogP contribution >= 0.6 is 0 Å². The second-order valence-corrected chi connectivity index (χ2v) is 4.21. The molecular formula is C13H18FNO2. The highest BCUT2D eigenvalue weighted by Crippen LogP contribution is 2.32. The van der Waals surface area contributed by atoms with Gasteiger partial charge in [0.1, 0.15) is 5.82 Å². The fourth-order valence-electron chi connectivity index (χ4n) is 2.32. The summed E-state index contributed by atoms with van der Waals surface area (Å²) in [5.74, 6) is -0.0955. The number of ether oxygens (including phenoxy) is 2. The lowest BCUT2D eigenvalue weighted by Gasteiger charge is -2.18. The lowest BCUT2D eigenvalue weighted by molar-refractivity contribution is -0.0999. The lowest BCUT2D eigenvalue weighted by atomic mass is 10.1. The Kier molecular flexibility index (Phi) is 4.10. The quantitative estimate of drug-likeness (QED) is 0.797. The first-order valence-corrected chi connectivity index (χ1v) is 5.82. The van der Waals surface area contributed by atoms with E-state index in [1.807, 2.05) is 6.07 Å². The molecule has 0 spiro atoms. The van der Waals surface area contributed by atoms with E-state index in [0.717, 1.165) is 24.0 Å². The molecule has 17 heavy (non-hydrogen) atoms. The number of hydrogen-bond acceptors (Lipinski definition) is 3. The molecule has 0 saturated carbocycles. The van der Waals surface area contributed by atoms with Crippen molar-refractivity contribution in [1.29, 1.82) is 0 Å². The molecule has 1 unspecified atom stereocenters. The summed E-state index contributed by atoms with van der Waals surface area (Å²) < 4.78 is 23.7. The van der Waals surface area contributed by atoms with Crippen LogP contribution in [0.25, 0.3) is 0 Å². The zero-order chi connectivity index (χ0) is 12.3. The van der Waals surface area contributed by atoms with Crippen LogP contribution in [-0.2, 0) is 15.9 Å². The Balaban J connectivity index is 2.00. The van der Waals surface area contributed by atoms with Crippen LogP contribution in [0.5, 0.6) is 0 Å². The molecule has 1 aliphatic rings. The molecule has 0 aromatic heterocycles. The van der Waals surface area contributed by atoms with Crippen LogP contribution in [-0.4, -0.2) is 27.1 Å². The second-order valence-electron chi connectivity index (χ2n) is 4.21. The number of hydrogen-bond donors (Lipinski definition) is 1. The van der Waals surface area contributed by atoms with Crippen molar-refractivity contribution in [2.45, 2.75) is 25.2 Å². The Morgan fingerprint density at radius 1 is 1.41 bits per heavy atom. The van der Waals surface area contributed by atoms with E-state index in [1.54, 1.807) is 20.3 Å². The van der Waals surface area contributed by atoms with Crippen LogP contribution < -0.4 is 5.32 Å². The highest BCUT2D eigenvalue weighted by Gasteiger charge is 2.24. The largest absolute Gasteiger partial charge is 0.355 e. The molecule has 0 radical (unpaired) electrons. The predicted octanol–water partition coefficient (Wildman–Crippen LogP) is 2.02. The normalized spacial score (nSPS) is 18.7. The molecule has 1 aliphatic carbocycles. The molecule has 3 nitrogen and oxygen atoms in total. The number of rotatable bonds is 5. The van der Waals surface area contributed by atoms with Crippen molar-refractivity contribution < 1.29 is 13.9 Å². The van der Waals surface area contributed by atoms with Gasteiger partial charge >= 0.3 is 0 Å². The van der Waals surface area contributed by atoms with Crippen LogP contribution in [0.3, 0.4) is 0 Å². The molecule has 0 bridgehead atoms. The van der Waals surface area contributed by atoms with E-state index in [-0.39, 0.29) is 18.1 Å². The average molecular weight is 239 g/mol. The lowest BCUT2D eigenvalue weighted by Crippen LogP contribution is -2.31. The fourth-order valence-corrected chi connectivity index (χ4v) is 2.32. The summed E-state index contributed by atoms with van der Waals surface area (Å²) in [6, 6.07) is 5.47. The maximum Gasteiger partial charge on any atom is 0.169 e. The maximum atomic E-state index is 13.5. The van der Waals surface area contributed by atoms with Crippen molar-refractivity contribution >= 4 is 0 Å². The average Bonchev–Trinajstić information content (AvgIpc) is 2.75. The van der Waals surface area contributed by atoms with E-state index in [1.165, 1.54) is 6.07 Å². The van der Waals surface area contributed by atoms with Crippen molar-refractivity contribution in [3.05, 3.63) is 35.1 Å². The molecule has 1 aromatic carbocycles. The van der Waals surface area contributed by atoms with Crippen LogP contribution in [0.15, 0.2) is 18.2 Å². The van der Waals surface area contributed by atoms with Gasteiger partial charge in [-0.3, -0.25) is 0 Å². The number of methoxy groups -OCH3 is 2. The number of nitrogens with one attached hydrogen (secondary N) is 1. The standard InChI is InChI=1S/C13H18FNO2/c1-16-13(17-2)8-15-12-7-6-9-10(12)4-3-5-11(9)14/h3-5,12-13,15H,6-8H2,1-2H3. The van der Waals surface area contributed by atoms with Crippen LogP contribution in [0.1, 0.15) is 23.6 Å². The molecule has 0 saturated heterocycles. The molecule has 1 aromatic rings. The first kappa shape index (κ1) is 12.5. The van der Waals surface area contributed by atoms with Gasteiger partial charge in [-0.2, -0.15) is 0 Å². The van der Waals surface area contributed by atoms with Crippen molar-refractivity contribution in [3.8, 4) is 0 Å². The van der Waals surface area contributed by atoms with E-state index in [4.69, 9.17) is 9.47 Å². The molecule has 94 valence electrons. The molecule has 4 heteroatoms. The Bertz CT molecular complexity index is 380. The third-order valence-electron chi connectivity index (χ3n) is 3.27. The molecule has 1 atom stereocenters. The Morgan fingerprint density at radius 3 is 2.88 bits per heavy atom. The Hall–Kier alpha value is -0.970. The van der Waals surface area contributed by atoms with Crippen LogP contribution in [0.4, 0.5) is 4.39 Å².